The quantitative estimate of drug-likeness (QED) is 0.148. The molecule has 0 aliphatic carbocycles. The summed E-state index contributed by atoms with van der Waals surface area (Å²) >= 11 is 3.18. The third kappa shape index (κ3) is 3.66. The van der Waals surface area contributed by atoms with Gasteiger partial charge in [-0.1, -0.05) is 91.0 Å². The Morgan fingerprint density at radius 2 is 1.32 bits per heavy atom. The Bertz CT molecular complexity index is 1340. The number of carbonyl (C=O) groups excluding carboxylic acids is 1. The van der Waals surface area contributed by atoms with Crippen molar-refractivity contribution in [2.45, 2.75) is 5.54 Å². The highest BCUT2D eigenvalue weighted by Gasteiger charge is 2.38. The lowest BCUT2D eigenvalue weighted by Crippen LogP contribution is -2.36. The smallest absolute Gasteiger partial charge is 0.227 e. The van der Waals surface area contributed by atoms with Crippen LogP contribution in [-0.2, 0) is 5.54 Å². The molecule has 0 aliphatic rings. The van der Waals surface area contributed by atoms with Gasteiger partial charge in [0.1, 0.15) is 11.2 Å². The fourth-order valence-electron chi connectivity index (χ4n) is 4.41. The first kappa shape index (κ1) is 21.9. The van der Waals surface area contributed by atoms with Crippen LogP contribution in [0.25, 0.3) is 11.3 Å². The molecule has 166 valence electrons. The molecule has 0 spiro atoms. The van der Waals surface area contributed by atoms with Crippen molar-refractivity contribution in [1.29, 1.82) is 0 Å². The van der Waals surface area contributed by atoms with Gasteiger partial charge in [0, 0.05) is 11.8 Å². The SMILES string of the molecule is O=Cc1nc(F)c(Br)cc1-c1cn(C(c2ccccc2)(c2ccccc2)c2ccccc2)cn1. The van der Waals surface area contributed by atoms with Gasteiger partial charge in [0.05, 0.1) is 16.5 Å². The zero-order chi connectivity index (χ0) is 23.5. The Kier molecular flexibility index (Phi) is 5.90. The van der Waals surface area contributed by atoms with Crippen LogP contribution in [0.1, 0.15) is 27.2 Å². The number of rotatable bonds is 6. The Labute approximate surface area is 204 Å². The summed E-state index contributed by atoms with van der Waals surface area (Å²) < 4.78 is 16.2. The van der Waals surface area contributed by atoms with Crippen molar-refractivity contribution in [3.8, 4) is 11.3 Å². The van der Waals surface area contributed by atoms with E-state index < -0.39 is 11.5 Å². The van der Waals surface area contributed by atoms with E-state index >= 15 is 0 Å². The number of hydrogen-bond acceptors (Lipinski definition) is 3. The van der Waals surface area contributed by atoms with Crippen molar-refractivity contribution in [3.63, 3.8) is 0 Å². The fourth-order valence-corrected chi connectivity index (χ4v) is 4.72. The molecule has 0 amide bonds. The van der Waals surface area contributed by atoms with E-state index in [4.69, 9.17) is 0 Å². The molecule has 0 N–H and O–H groups in total. The van der Waals surface area contributed by atoms with Crippen molar-refractivity contribution >= 4 is 22.2 Å². The summed E-state index contributed by atoms with van der Waals surface area (Å²) in [5.74, 6) is -0.738. The molecule has 2 aromatic heterocycles. The molecule has 0 bridgehead atoms. The van der Waals surface area contributed by atoms with Crippen LogP contribution in [0.3, 0.4) is 0 Å². The molecule has 0 atom stereocenters. The number of carbonyl (C=O) groups is 1. The lowest BCUT2D eigenvalue weighted by atomic mass is 9.77. The number of aldehydes is 1. The minimum atomic E-state index is -0.738. The van der Waals surface area contributed by atoms with Crippen LogP contribution in [0.15, 0.2) is 114 Å². The van der Waals surface area contributed by atoms with Crippen LogP contribution in [0.2, 0.25) is 0 Å². The Hall–Kier alpha value is -3.90. The number of imidazole rings is 1. The number of halogens is 2. The first-order chi connectivity index (χ1) is 16.6. The molecule has 0 saturated heterocycles. The van der Waals surface area contributed by atoms with Gasteiger partial charge in [0.25, 0.3) is 0 Å². The summed E-state index contributed by atoms with van der Waals surface area (Å²) in [6.45, 7) is 0. The largest absolute Gasteiger partial charge is 0.318 e. The zero-order valence-electron chi connectivity index (χ0n) is 18.0. The first-order valence-corrected chi connectivity index (χ1v) is 11.5. The second-order valence-electron chi connectivity index (χ2n) is 7.79. The highest BCUT2D eigenvalue weighted by Crippen LogP contribution is 2.41. The topological polar surface area (TPSA) is 47.8 Å². The predicted octanol–water partition coefficient (Wildman–Crippen LogP) is 6.50. The maximum absolute atomic E-state index is 14.0. The summed E-state index contributed by atoms with van der Waals surface area (Å²) in [7, 11) is 0. The van der Waals surface area contributed by atoms with Crippen molar-refractivity contribution in [1.82, 2.24) is 14.5 Å². The molecule has 34 heavy (non-hydrogen) atoms. The van der Waals surface area contributed by atoms with Crippen LogP contribution in [0, 0.1) is 5.95 Å². The molecular weight excluding hydrogens is 493 g/mol. The summed E-state index contributed by atoms with van der Waals surface area (Å²) in [5, 5.41) is 0. The number of aromatic nitrogens is 3. The lowest BCUT2D eigenvalue weighted by Gasteiger charge is -2.37. The van der Waals surface area contributed by atoms with E-state index in [9.17, 15) is 9.18 Å². The molecular formula is C28H19BrFN3O. The van der Waals surface area contributed by atoms with Crippen LogP contribution < -0.4 is 0 Å². The zero-order valence-corrected chi connectivity index (χ0v) is 19.6. The van der Waals surface area contributed by atoms with Gasteiger partial charge in [-0.05, 0) is 38.7 Å². The lowest BCUT2D eigenvalue weighted by molar-refractivity contribution is 0.111. The second kappa shape index (κ2) is 9.15. The minimum Gasteiger partial charge on any atom is -0.318 e. The Balaban J connectivity index is 1.81. The summed E-state index contributed by atoms with van der Waals surface area (Å²) in [6, 6.07) is 32.1. The number of nitrogens with zero attached hydrogens (tertiary/aromatic N) is 3. The third-order valence-corrected chi connectivity index (χ3v) is 6.45. The van der Waals surface area contributed by atoms with Crippen LogP contribution in [0.5, 0.6) is 0 Å². The summed E-state index contributed by atoms with van der Waals surface area (Å²) in [5.41, 5.74) is 3.37. The van der Waals surface area contributed by atoms with Gasteiger partial charge in [-0.2, -0.15) is 4.39 Å². The van der Waals surface area contributed by atoms with Gasteiger partial charge in [-0.15, -0.1) is 0 Å². The normalized spacial score (nSPS) is 11.4. The predicted molar refractivity (Wildman–Crippen MR) is 133 cm³/mol. The molecule has 4 nitrogen and oxygen atoms in total. The molecule has 0 radical (unpaired) electrons. The molecule has 6 heteroatoms. The standard InChI is InChI=1S/C28H19BrFN3O/c29-24-16-23(26(18-34)32-27(24)30)25-17-33(19-31-25)28(20-10-4-1-5-11-20,21-12-6-2-7-13-21)22-14-8-3-9-15-22/h1-19H. The maximum Gasteiger partial charge on any atom is 0.227 e. The van der Waals surface area contributed by atoms with E-state index in [1.165, 1.54) is 6.07 Å². The minimum absolute atomic E-state index is 0.00400. The van der Waals surface area contributed by atoms with Gasteiger partial charge in [-0.25, -0.2) is 9.97 Å². The average molecular weight is 512 g/mol. The van der Waals surface area contributed by atoms with Crippen LogP contribution in [-0.4, -0.2) is 20.8 Å². The highest BCUT2D eigenvalue weighted by molar-refractivity contribution is 9.10. The van der Waals surface area contributed by atoms with E-state index in [-0.39, 0.29) is 10.2 Å². The molecule has 2 heterocycles. The molecule has 5 rings (SSSR count). The monoisotopic (exact) mass is 511 g/mol. The van der Waals surface area contributed by atoms with Gasteiger partial charge < -0.3 is 4.57 Å². The summed E-state index contributed by atoms with van der Waals surface area (Å²) in [4.78, 5) is 20.1. The highest BCUT2D eigenvalue weighted by atomic mass is 79.9. The number of hydrogen-bond donors (Lipinski definition) is 0. The maximum atomic E-state index is 14.0. The molecule has 0 fully saturated rings. The molecule has 3 aromatic carbocycles. The Morgan fingerprint density at radius 3 is 1.79 bits per heavy atom. The van der Waals surface area contributed by atoms with Crippen molar-refractivity contribution in [3.05, 3.63) is 142 Å². The van der Waals surface area contributed by atoms with Crippen LogP contribution in [0.4, 0.5) is 4.39 Å². The molecule has 0 unspecified atom stereocenters. The van der Waals surface area contributed by atoms with E-state index in [1.54, 1.807) is 6.33 Å². The number of benzene rings is 3. The third-order valence-electron chi connectivity index (χ3n) is 5.89. The summed E-state index contributed by atoms with van der Waals surface area (Å²) in [6.07, 6.45) is 4.16. The molecule has 0 saturated carbocycles. The van der Waals surface area contributed by atoms with Gasteiger partial charge >= 0.3 is 0 Å². The van der Waals surface area contributed by atoms with Gasteiger partial charge in [-0.3, -0.25) is 4.79 Å². The first-order valence-electron chi connectivity index (χ1n) is 10.7. The molecule has 5 aromatic rings. The number of pyridine rings is 1. The van der Waals surface area contributed by atoms with Gasteiger partial charge in [0.15, 0.2) is 6.29 Å². The average Bonchev–Trinajstić information content (AvgIpc) is 3.38. The van der Waals surface area contributed by atoms with Crippen molar-refractivity contribution in [2.75, 3.05) is 0 Å². The van der Waals surface area contributed by atoms with Gasteiger partial charge in [0.2, 0.25) is 5.95 Å². The van der Waals surface area contributed by atoms with Crippen LogP contribution >= 0.6 is 15.9 Å². The van der Waals surface area contributed by atoms with E-state index in [1.807, 2.05) is 65.4 Å². The van der Waals surface area contributed by atoms with E-state index in [0.717, 1.165) is 16.7 Å². The fraction of sp³-hybridized carbons (Fsp3) is 0.0357. The second-order valence-corrected chi connectivity index (χ2v) is 8.64. The Morgan fingerprint density at radius 1 is 0.824 bits per heavy atom. The molecule has 0 aliphatic heterocycles. The van der Waals surface area contributed by atoms with Crippen molar-refractivity contribution in [2.24, 2.45) is 0 Å². The van der Waals surface area contributed by atoms with E-state index in [2.05, 4.69) is 62.3 Å². The van der Waals surface area contributed by atoms with E-state index in [0.29, 0.717) is 17.5 Å². The van der Waals surface area contributed by atoms with Crippen molar-refractivity contribution < 1.29 is 9.18 Å².